The van der Waals surface area contributed by atoms with Crippen LogP contribution in [0.1, 0.15) is 0 Å². The van der Waals surface area contributed by atoms with Crippen LogP contribution in [0, 0.1) is 0 Å². The first kappa shape index (κ1) is 74.1. The topological polar surface area (TPSA) is 80.8 Å². The summed E-state index contributed by atoms with van der Waals surface area (Å²) in [6.45, 7) is 0. The highest BCUT2D eigenvalue weighted by atomic mass is 16.1. The number of fused-ring (bicyclic) bond motifs is 18. The summed E-state index contributed by atoms with van der Waals surface area (Å²) in [5.74, 6) is 0. The summed E-state index contributed by atoms with van der Waals surface area (Å²) in [4.78, 5) is 42.4. The van der Waals surface area contributed by atoms with Crippen LogP contribution in [0.2, 0.25) is 0 Å². The van der Waals surface area contributed by atoms with E-state index in [4.69, 9.17) is 0 Å². The van der Waals surface area contributed by atoms with Crippen LogP contribution >= 0.6 is 0 Å². The molecule has 592 valence electrons. The average Bonchev–Trinajstić information content (AvgIpc) is 1.27. The van der Waals surface area contributed by atoms with E-state index >= 15 is 0 Å². The van der Waals surface area contributed by atoms with Crippen molar-refractivity contribution in [1.82, 2.24) is 27.4 Å². The van der Waals surface area contributed by atoms with E-state index in [1.165, 1.54) is 32.6 Å². The fourth-order valence-electron chi connectivity index (χ4n) is 19.2. The maximum atomic E-state index is 14.4. The quantitative estimate of drug-likeness (QED) is 0.128. The number of hydrogen-bond acceptors (Lipinski definition) is 3. The van der Waals surface area contributed by atoms with Crippen LogP contribution in [0.15, 0.2) is 475 Å². The zero-order valence-corrected chi connectivity index (χ0v) is 68.3. The van der Waals surface area contributed by atoms with E-state index in [2.05, 4.69) is 384 Å². The third kappa shape index (κ3) is 12.6. The summed E-state index contributed by atoms with van der Waals surface area (Å²) in [7, 11) is 0. The van der Waals surface area contributed by atoms with Crippen molar-refractivity contribution in [2.24, 2.45) is 0 Å². The van der Waals surface area contributed by atoms with Gasteiger partial charge in [0.1, 0.15) is 0 Å². The maximum Gasteiger partial charge on any atom is 0.263 e. The van der Waals surface area contributed by atoms with Crippen LogP contribution in [0.5, 0.6) is 0 Å². The van der Waals surface area contributed by atoms with E-state index in [9.17, 15) is 14.4 Å². The van der Waals surface area contributed by atoms with Gasteiger partial charge in [0, 0.05) is 93.1 Å². The van der Waals surface area contributed by atoms with Crippen molar-refractivity contribution >= 4 is 130 Å². The second-order valence-corrected chi connectivity index (χ2v) is 32.1. The third-order valence-corrected chi connectivity index (χ3v) is 25.0. The Morgan fingerprint density at radius 2 is 0.310 bits per heavy atom. The van der Waals surface area contributed by atoms with Crippen LogP contribution in [-0.4, -0.2) is 27.4 Å². The number of nitrogens with zero attached hydrogens (tertiary/aromatic N) is 6. The largest absolute Gasteiger partial charge is 0.309 e. The fraction of sp³-hybridized carbons (Fsp3) is 0. The Hall–Kier alpha value is -17.0. The molecule has 0 atom stereocenters. The molecule has 6 aromatic heterocycles. The molecule has 9 heteroatoms. The van der Waals surface area contributed by atoms with Crippen molar-refractivity contribution in [3.8, 4) is 78.6 Å². The first-order valence-electron chi connectivity index (χ1n) is 42.6. The molecule has 0 saturated heterocycles. The number of hydrogen-bond donors (Lipinski definition) is 0. The standard InChI is InChI=1S/C43H28N2O.2C37H24N2O/c46-43-37-25-19-31(29-11-3-1-4-12-29)27-38(37)39-28-32(30-13-5-2-6-14-30)20-26-42(39)45(43)34-23-21-33(22-24-34)44-40-17-9-7-15-35(40)36-16-8-10-18-41(36)44;40-37-31-17-8-7-15-29(31)32-23-26(25-11-3-1-4-12-25)19-21-36(32)39(37)28-20-22-35-33(24-28)30-16-9-10-18-34(30)38(35)27-13-5-2-6-14-27;40-37-32-15-5-4-12-29(32)33-24-26(25-10-2-1-3-11-25)18-23-36(33)39(37)28-21-19-27(20-22-28)38-34-16-8-6-13-30(34)31-14-7-9-17-35(31)38/h1-28H;2*1-24H. The second kappa shape index (κ2) is 30.9. The minimum absolute atomic E-state index is 0.0123. The lowest BCUT2D eigenvalue weighted by Gasteiger charge is -2.16. The summed E-state index contributed by atoms with van der Waals surface area (Å²) in [5, 5.41) is 15.4. The predicted molar refractivity (Wildman–Crippen MR) is 526 cm³/mol. The monoisotopic (exact) mass is 1610 g/mol. The lowest BCUT2D eigenvalue weighted by molar-refractivity contribution is 1.06. The van der Waals surface area contributed by atoms with Gasteiger partial charge in [-0.1, -0.05) is 291 Å². The minimum atomic E-state index is -0.0285. The van der Waals surface area contributed by atoms with Gasteiger partial charge in [0.05, 0.1) is 55.3 Å². The molecule has 126 heavy (non-hydrogen) atoms. The Morgan fingerprint density at radius 3 is 0.651 bits per heavy atom. The van der Waals surface area contributed by atoms with Gasteiger partial charge in [-0.25, -0.2) is 0 Å². The van der Waals surface area contributed by atoms with E-state index in [1.54, 1.807) is 0 Å². The highest BCUT2D eigenvalue weighted by Gasteiger charge is 2.22. The molecule has 0 aliphatic heterocycles. The molecule has 0 fully saturated rings. The first-order chi connectivity index (χ1) is 62.3. The summed E-state index contributed by atoms with van der Waals surface area (Å²) >= 11 is 0. The number of para-hydroxylation sites is 6. The van der Waals surface area contributed by atoms with Crippen molar-refractivity contribution < 1.29 is 0 Å². The Kier molecular flexibility index (Phi) is 18.2. The molecular formula is C117H76N6O3. The van der Waals surface area contributed by atoms with E-state index in [0.29, 0.717) is 16.2 Å². The second-order valence-electron chi connectivity index (χ2n) is 32.1. The van der Waals surface area contributed by atoms with E-state index in [1.807, 2.05) is 105 Å². The summed E-state index contributed by atoms with van der Waals surface area (Å²) in [6.07, 6.45) is 0. The van der Waals surface area contributed by atoms with Crippen LogP contribution in [-0.2, 0) is 0 Å². The van der Waals surface area contributed by atoms with Gasteiger partial charge in [-0.05, 0) is 231 Å². The minimum Gasteiger partial charge on any atom is -0.309 e. The molecule has 6 heterocycles. The lowest BCUT2D eigenvalue weighted by Crippen LogP contribution is -2.19. The predicted octanol–water partition coefficient (Wildman–Crippen LogP) is 28.4. The molecule has 0 bridgehead atoms. The van der Waals surface area contributed by atoms with Crippen LogP contribution in [0.3, 0.4) is 0 Å². The zero-order chi connectivity index (χ0) is 83.9. The first-order valence-corrected chi connectivity index (χ1v) is 42.6. The summed E-state index contributed by atoms with van der Waals surface area (Å²) in [5.41, 5.74) is 24.3. The molecule has 0 saturated carbocycles. The van der Waals surface area contributed by atoms with Crippen LogP contribution in [0.4, 0.5) is 0 Å². The molecule has 19 aromatic carbocycles. The highest BCUT2D eigenvalue weighted by Crippen LogP contribution is 2.41. The molecular weight excluding hydrogens is 1540 g/mol. The molecule has 0 aliphatic rings. The Bertz CT molecular complexity index is 8710. The smallest absolute Gasteiger partial charge is 0.263 e. The Morgan fingerprint density at radius 1 is 0.111 bits per heavy atom. The molecule has 0 N–H and O–H groups in total. The molecule has 0 spiro atoms. The number of aromatic nitrogens is 6. The number of benzene rings is 19. The SMILES string of the molecule is O=c1c2ccc(-c3ccccc3)cc2c2cc(-c3ccccc3)ccc2n1-c1ccc(-n2c3ccccc3c3ccccc32)cc1.O=c1c2ccccc2c2cc(-c3ccccc3)ccc2n1-c1ccc(-n2c3ccccc3c3ccccc32)cc1.O=c1c2ccccc2c2cc(-c3ccccc3)ccc2n1-c1ccc2c(c1)c1ccccc1n2-c1ccccc1. The van der Waals surface area contributed by atoms with Gasteiger partial charge < -0.3 is 13.7 Å². The average molecular weight is 1610 g/mol. The molecule has 25 aromatic rings. The van der Waals surface area contributed by atoms with Crippen LogP contribution < -0.4 is 16.7 Å². The molecule has 0 aliphatic carbocycles. The van der Waals surface area contributed by atoms with Gasteiger partial charge in [-0.2, -0.15) is 0 Å². The maximum absolute atomic E-state index is 14.4. The van der Waals surface area contributed by atoms with Crippen molar-refractivity contribution in [3.63, 3.8) is 0 Å². The zero-order valence-electron chi connectivity index (χ0n) is 68.3. The van der Waals surface area contributed by atoms with Crippen molar-refractivity contribution in [2.75, 3.05) is 0 Å². The molecule has 0 radical (unpaired) electrons. The molecule has 0 amide bonds. The van der Waals surface area contributed by atoms with Gasteiger partial charge >= 0.3 is 0 Å². The summed E-state index contributed by atoms with van der Waals surface area (Å²) < 4.78 is 12.5. The van der Waals surface area contributed by atoms with Crippen molar-refractivity contribution in [1.29, 1.82) is 0 Å². The van der Waals surface area contributed by atoms with E-state index in [0.717, 1.165) is 160 Å². The summed E-state index contributed by atoms with van der Waals surface area (Å²) in [6, 6.07) is 159. The van der Waals surface area contributed by atoms with Gasteiger partial charge in [0.15, 0.2) is 0 Å². The molecule has 9 nitrogen and oxygen atoms in total. The van der Waals surface area contributed by atoms with Gasteiger partial charge in [0.2, 0.25) is 0 Å². The Balaban J connectivity index is 0.000000109. The van der Waals surface area contributed by atoms with Crippen molar-refractivity contribution in [3.05, 3.63) is 492 Å². The molecule has 25 rings (SSSR count). The number of rotatable bonds is 10. The van der Waals surface area contributed by atoms with E-state index in [-0.39, 0.29) is 16.7 Å². The molecule has 0 unspecified atom stereocenters. The lowest BCUT2D eigenvalue weighted by atomic mass is 9.96. The van der Waals surface area contributed by atoms with Gasteiger partial charge in [-0.3, -0.25) is 28.1 Å². The van der Waals surface area contributed by atoms with E-state index < -0.39 is 0 Å². The van der Waals surface area contributed by atoms with Crippen LogP contribution in [0.25, 0.3) is 209 Å². The fourth-order valence-corrected chi connectivity index (χ4v) is 19.2. The third-order valence-electron chi connectivity index (χ3n) is 25.0. The Labute approximate surface area is 723 Å². The number of pyridine rings is 3. The highest BCUT2D eigenvalue weighted by molar-refractivity contribution is 6.15. The normalized spacial score (nSPS) is 11.6. The van der Waals surface area contributed by atoms with Gasteiger partial charge in [0.25, 0.3) is 16.7 Å². The van der Waals surface area contributed by atoms with Crippen molar-refractivity contribution in [2.45, 2.75) is 0 Å². The van der Waals surface area contributed by atoms with Gasteiger partial charge in [-0.15, -0.1) is 0 Å².